The van der Waals surface area contributed by atoms with Crippen LogP contribution in [0.1, 0.15) is 17.3 Å². The van der Waals surface area contributed by atoms with Gasteiger partial charge in [-0.1, -0.05) is 46.9 Å². The third-order valence-electron chi connectivity index (χ3n) is 3.76. The number of carbonyl (C=O) groups excluding carboxylic acids is 2. The Morgan fingerprint density at radius 1 is 1.03 bits per heavy atom. The Morgan fingerprint density at radius 2 is 1.72 bits per heavy atom. The van der Waals surface area contributed by atoms with E-state index in [9.17, 15) is 18.0 Å². The molecule has 1 unspecified atom stereocenters. The molecule has 0 bridgehead atoms. The van der Waals surface area contributed by atoms with Crippen LogP contribution in [0.2, 0.25) is 15.1 Å². The molecule has 156 valence electrons. The number of hydrogen-bond acceptors (Lipinski definition) is 4. The standard InChI is InChI=1S/C18H18Cl3N3O4S/c1-11(24-18(26)14-6-3-7-15(20)16(14)21)17(25)22-8-9-23-29(27,28)13-5-2-4-12(19)10-13/h2-7,10-11,23H,8-9H2,1H3,(H,22,25)(H,24,26). The lowest BCUT2D eigenvalue weighted by Gasteiger charge is -2.15. The molecule has 0 spiro atoms. The van der Waals surface area contributed by atoms with E-state index in [0.29, 0.717) is 5.02 Å². The lowest BCUT2D eigenvalue weighted by atomic mass is 10.2. The molecule has 1 atom stereocenters. The van der Waals surface area contributed by atoms with E-state index < -0.39 is 27.9 Å². The van der Waals surface area contributed by atoms with Crippen molar-refractivity contribution >= 4 is 56.6 Å². The number of sulfonamides is 1. The highest BCUT2D eigenvalue weighted by Gasteiger charge is 2.19. The first kappa shape index (κ1) is 23.4. The van der Waals surface area contributed by atoms with E-state index in [0.717, 1.165) is 0 Å². The number of halogens is 3. The molecule has 2 amide bonds. The number of carbonyl (C=O) groups is 2. The smallest absolute Gasteiger partial charge is 0.253 e. The zero-order valence-corrected chi connectivity index (χ0v) is 18.3. The molecule has 2 rings (SSSR count). The van der Waals surface area contributed by atoms with Gasteiger partial charge < -0.3 is 10.6 Å². The summed E-state index contributed by atoms with van der Waals surface area (Å²) in [7, 11) is -3.75. The van der Waals surface area contributed by atoms with Crippen LogP contribution in [-0.2, 0) is 14.8 Å². The molecule has 0 fully saturated rings. The lowest BCUT2D eigenvalue weighted by molar-refractivity contribution is -0.122. The van der Waals surface area contributed by atoms with E-state index >= 15 is 0 Å². The Hall–Kier alpha value is -1.84. The number of nitrogens with one attached hydrogen (secondary N) is 3. The van der Waals surface area contributed by atoms with Gasteiger partial charge >= 0.3 is 0 Å². The van der Waals surface area contributed by atoms with Gasteiger partial charge in [-0.25, -0.2) is 13.1 Å². The highest BCUT2D eigenvalue weighted by atomic mass is 35.5. The predicted octanol–water partition coefficient (Wildman–Crippen LogP) is 2.86. The summed E-state index contributed by atoms with van der Waals surface area (Å²) in [5, 5.41) is 5.66. The van der Waals surface area contributed by atoms with Crippen molar-refractivity contribution in [2.75, 3.05) is 13.1 Å². The average Bonchev–Trinajstić information content (AvgIpc) is 2.67. The van der Waals surface area contributed by atoms with Crippen molar-refractivity contribution in [3.63, 3.8) is 0 Å². The molecule has 0 radical (unpaired) electrons. The van der Waals surface area contributed by atoms with Gasteiger partial charge in [-0.05, 0) is 37.3 Å². The molecule has 0 aliphatic rings. The highest BCUT2D eigenvalue weighted by Crippen LogP contribution is 2.25. The van der Waals surface area contributed by atoms with Crippen LogP contribution in [0.3, 0.4) is 0 Å². The lowest BCUT2D eigenvalue weighted by Crippen LogP contribution is -2.46. The van der Waals surface area contributed by atoms with Crippen LogP contribution in [0.25, 0.3) is 0 Å². The second kappa shape index (κ2) is 10.3. The Morgan fingerprint density at radius 3 is 2.41 bits per heavy atom. The monoisotopic (exact) mass is 477 g/mol. The molecule has 29 heavy (non-hydrogen) atoms. The number of amides is 2. The van der Waals surface area contributed by atoms with Gasteiger partial charge in [0.05, 0.1) is 20.5 Å². The molecule has 7 nitrogen and oxygen atoms in total. The zero-order chi connectivity index (χ0) is 21.6. The van der Waals surface area contributed by atoms with Crippen molar-refractivity contribution in [1.29, 1.82) is 0 Å². The van der Waals surface area contributed by atoms with Crippen molar-refractivity contribution in [2.45, 2.75) is 17.9 Å². The molecule has 0 saturated heterocycles. The van der Waals surface area contributed by atoms with Crippen molar-refractivity contribution in [3.05, 3.63) is 63.1 Å². The van der Waals surface area contributed by atoms with Crippen LogP contribution in [0, 0.1) is 0 Å². The van der Waals surface area contributed by atoms with E-state index in [2.05, 4.69) is 15.4 Å². The molecule has 2 aromatic rings. The maximum atomic E-state index is 12.2. The fraction of sp³-hybridized carbons (Fsp3) is 0.222. The van der Waals surface area contributed by atoms with E-state index in [-0.39, 0.29) is 33.6 Å². The summed E-state index contributed by atoms with van der Waals surface area (Å²) >= 11 is 17.7. The van der Waals surface area contributed by atoms with Gasteiger partial charge in [0.2, 0.25) is 15.9 Å². The molecule has 0 aromatic heterocycles. The largest absolute Gasteiger partial charge is 0.353 e. The van der Waals surface area contributed by atoms with Crippen molar-refractivity contribution in [2.24, 2.45) is 0 Å². The Bertz CT molecular complexity index is 1020. The first-order chi connectivity index (χ1) is 13.6. The first-order valence-corrected chi connectivity index (χ1v) is 11.0. The van der Waals surface area contributed by atoms with Crippen molar-refractivity contribution in [3.8, 4) is 0 Å². The molecule has 0 heterocycles. The van der Waals surface area contributed by atoms with Gasteiger partial charge in [-0.2, -0.15) is 0 Å². The first-order valence-electron chi connectivity index (χ1n) is 8.39. The number of benzene rings is 2. The summed E-state index contributed by atoms with van der Waals surface area (Å²) in [4.78, 5) is 24.4. The van der Waals surface area contributed by atoms with Crippen molar-refractivity contribution < 1.29 is 18.0 Å². The quantitative estimate of drug-likeness (QED) is 0.507. The second-order valence-corrected chi connectivity index (χ2v) is 8.93. The van der Waals surface area contributed by atoms with E-state index in [4.69, 9.17) is 34.8 Å². The van der Waals surface area contributed by atoms with E-state index in [1.165, 1.54) is 31.2 Å². The summed E-state index contributed by atoms with van der Waals surface area (Å²) < 4.78 is 26.7. The molecule has 3 N–H and O–H groups in total. The summed E-state index contributed by atoms with van der Waals surface area (Å²) in [5.74, 6) is -1.04. The van der Waals surface area contributed by atoms with Crippen LogP contribution >= 0.6 is 34.8 Å². The minimum atomic E-state index is -3.75. The summed E-state index contributed by atoms with van der Waals surface area (Å²) in [6, 6.07) is 9.54. The molecule has 0 aliphatic carbocycles. The molecular formula is C18H18Cl3N3O4S. The van der Waals surface area contributed by atoms with Crippen LogP contribution in [-0.4, -0.2) is 39.4 Å². The Balaban J connectivity index is 1.83. The predicted molar refractivity (Wildman–Crippen MR) is 113 cm³/mol. The van der Waals surface area contributed by atoms with E-state index in [1.807, 2.05) is 0 Å². The maximum Gasteiger partial charge on any atom is 0.253 e. The summed E-state index contributed by atoms with van der Waals surface area (Å²) in [5.41, 5.74) is 0.146. The summed E-state index contributed by atoms with van der Waals surface area (Å²) in [6.45, 7) is 1.47. The Labute approximate surface area is 183 Å². The molecule has 0 aliphatic heterocycles. The molecule has 0 saturated carbocycles. The van der Waals surface area contributed by atoms with Crippen molar-refractivity contribution in [1.82, 2.24) is 15.4 Å². The highest BCUT2D eigenvalue weighted by molar-refractivity contribution is 7.89. The maximum absolute atomic E-state index is 12.2. The zero-order valence-electron chi connectivity index (χ0n) is 15.2. The fourth-order valence-corrected chi connectivity index (χ4v) is 3.98. The fourth-order valence-electron chi connectivity index (χ4n) is 2.26. The topological polar surface area (TPSA) is 104 Å². The second-order valence-electron chi connectivity index (χ2n) is 5.94. The Kier molecular flexibility index (Phi) is 8.30. The number of rotatable bonds is 8. The van der Waals surface area contributed by atoms with Gasteiger partial charge in [0.25, 0.3) is 5.91 Å². The van der Waals surface area contributed by atoms with Gasteiger partial charge in [-0.15, -0.1) is 0 Å². The van der Waals surface area contributed by atoms with Crippen LogP contribution in [0.4, 0.5) is 0 Å². The molecular weight excluding hydrogens is 461 g/mol. The minimum absolute atomic E-state index is 0.0235. The number of hydrogen-bond donors (Lipinski definition) is 3. The van der Waals surface area contributed by atoms with Gasteiger partial charge in [0, 0.05) is 18.1 Å². The van der Waals surface area contributed by atoms with Gasteiger partial charge in [0.1, 0.15) is 6.04 Å². The van der Waals surface area contributed by atoms with E-state index in [1.54, 1.807) is 18.2 Å². The molecule has 2 aromatic carbocycles. The minimum Gasteiger partial charge on any atom is -0.353 e. The van der Waals surface area contributed by atoms with Crippen LogP contribution < -0.4 is 15.4 Å². The SMILES string of the molecule is CC(NC(=O)c1cccc(Cl)c1Cl)C(=O)NCCNS(=O)(=O)c1cccc(Cl)c1. The average molecular weight is 479 g/mol. The van der Waals surface area contributed by atoms with Gasteiger partial charge in [-0.3, -0.25) is 9.59 Å². The normalized spacial score (nSPS) is 12.3. The van der Waals surface area contributed by atoms with Crippen LogP contribution in [0.15, 0.2) is 47.4 Å². The van der Waals surface area contributed by atoms with Gasteiger partial charge in [0.15, 0.2) is 0 Å². The van der Waals surface area contributed by atoms with Crippen LogP contribution in [0.5, 0.6) is 0 Å². The molecule has 11 heteroatoms. The third kappa shape index (κ3) is 6.58. The summed E-state index contributed by atoms with van der Waals surface area (Å²) in [6.07, 6.45) is 0. The third-order valence-corrected chi connectivity index (χ3v) is 6.27.